The first-order valence-corrected chi connectivity index (χ1v) is 9.00. The van der Waals surface area contributed by atoms with Crippen LogP contribution in [0.25, 0.3) is 0 Å². The van der Waals surface area contributed by atoms with Gasteiger partial charge in [0.2, 0.25) is 5.91 Å². The number of nitrogens with zero attached hydrogens (tertiary/aromatic N) is 1. The van der Waals surface area contributed by atoms with Crippen LogP contribution in [0, 0.1) is 0 Å². The van der Waals surface area contributed by atoms with E-state index in [0.29, 0.717) is 37.1 Å². The van der Waals surface area contributed by atoms with Crippen molar-refractivity contribution in [3.63, 3.8) is 0 Å². The SMILES string of the molecule is O=C(CCCCCN1C(=O)c2ccccc2C1=O)NC[C@H]1CCCO1. The molecule has 3 amide bonds. The van der Waals surface area contributed by atoms with Crippen molar-refractivity contribution in [2.24, 2.45) is 0 Å². The van der Waals surface area contributed by atoms with Crippen molar-refractivity contribution in [3.8, 4) is 0 Å². The number of ether oxygens (including phenoxy) is 1. The van der Waals surface area contributed by atoms with Crippen LogP contribution >= 0.6 is 0 Å². The monoisotopic (exact) mass is 344 g/mol. The molecule has 1 aromatic rings. The number of rotatable bonds is 8. The second-order valence-electron chi connectivity index (χ2n) is 6.56. The molecule has 0 saturated carbocycles. The van der Waals surface area contributed by atoms with Gasteiger partial charge in [-0.15, -0.1) is 0 Å². The molecule has 0 aromatic heterocycles. The van der Waals surface area contributed by atoms with Crippen molar-refractivity contribution in [3.05, 3.63) is 35.4 Å². The fourth-order valence-corrected chi connectivity index (χ4v) is 3.30. The van der Waals surface area contributed by atoms with Gasteiger partial charge in [0.05, 0.1) is 17.2 Å². The molecule has 1 fully saturated rings. The number of fused-ring (bicyclic) bond motifs is 1. The molecular weight excluding hydrogens is 320 g/mol. The second-order valence-corrected chi connectivity index (χ2v) is 6.56. The largest absolute Gasteiger partial charge is 0.376 e. The van der Waals surface area contributed by atoms with Crippen LogP contribution in [0.15, 0.2) is 24.3 Å². The minimum atomic E-state index is -0.213. The number of amides is 3. The van der Waals surface area contributed by atoms with Gasteiger partial charge in [-0.25, -0.2) is 0 Å². The maximum absolute atomic E-state index is 12.2. The van der Waals surface area contributed by atoms with E-state index in [9.17, 15) is 14.4 Å². The predicted molar refractivity (Wildman–Crippen MR) is 92.3 cm³/mol. The van der Waals surface area contributed by atoms with Crippen LogP contribution in [-0.2, 0) is 9.53 Å². The number of carbonyl (C=O) groups excluding carboxylic acids is 3. The summed E-state index contributed by atoms with van der Waals surface area (Å²) in [5.41, 5.74) is 0.974. The summed E-state index contributed by atoms with van der Waals surface area (Å²) >= 11 is 0. The van der Waals surface area contributed by atoms with E-state index in [1.807, 2.05) is 0 Å². The summed E-state index contributed by atoms with van der Waals surface area (Å²) in [6, 6.07) is 6.91. The van der Waals surface area contributed by atoms with Crippen LogP contribution in [0.4, 0.5) is 0 Å². The van der Waals surface area contributed by atoms with Gasteiger partial charge in [-0.1, -0.05) is 18.6 Å². The summed E-state index contributed by atoms with van der Waals surface area (Å²) in [4.78, 5) is 37.5. The average molecular weight is 344 g/mol. The van der Waals surface area contributed by atoms with Crippen LogP contribution in [-0.4, -0.2) is 48.4 Å². The van der Waals surface area contributed by atoms with E-state index in [4.69, 9.17) is 4.74 Å². The summed E-state index contributed by atoms with van der Waals surface area (Å²) in [5.74, 6) is -0.388. The first-order valence-electron chi connectivity index (χ1n) is 9.00. The minimum Gasteiger partial charge on any atom is -0.376 e. The van der Waals surface area contributed by atoms with Crippen LogP contribution in [0.3, 0.4) is 0 Å². The molecule has 1 saturated heterocycles. The lowest BCUT2D eigenvalue weighted by atomic mass is 10.1. The Morgan fingerprint density at radius 1 is 1.12 bits per heavy atom. The molecule has 0 aliphatic carbocycles. The molecule has 2 heterocycles. The van der Waals surface area contributed by atoms with Gasteiger partial charge in [0.1, 0.15) is 0 Å². The zero-order chi connectivity index (χ0) is 17.6. The molecule has 25 heavy (non-hydrogen) atoms. The third kappa shape index (κ3) is 4.25. The van der Waals surface area contributed by atoms with Crippen molar-refractivity contribution < 1.29 is 19.1 Å². The highest BCUT2D eigenvalue weighted by atomic mass is 16.5. The van der Waals surface area contributed by atoms with Crippen molar-refractivity contribution in [2.75, 3.05) is 19.7 Å². The molecule has 0 bridgehead atoms. The molecular formula is C19H24N2O4. The number of benzene rings is 1. The van der Waals surface area contributed by atoms with Gasteiger partial charge < -0.3 is 10.1 Å². The highest BCUT2D eigenvalue weighted by molar-refractivity contribution is 6.21. The van der Waals surface area contributed by atoms with Crippen LogP contribution in [0.5, 0.6) is 0 Å². The molecule has 1 N–H and O–H groups in total. The van der Waals surface area contributed by atoms with Crippen LogP contribution in [0.2, 0.25) is 0 Å². The van der Waals surface area contributed by atoms with E-state index in [2.05, 4.69) is 5.32 Å². The second kappa shape index (κ2) is 8.25. The molecule has 0 spiro atoms. The lowest BCUT2D eigenvalue weighted by Crippen LogP contribution is -2.32. The van der Waals surface area contributed by atoms with Gasteiger partial charge >= 0.3 is 0 Å². The quantitative estimate of drug-likeness (QED) is 0.579. The maximum Gasteiger partial charge on any atom is 0.261 e. The molecule has 6 heteroatoms. The van der Waals surface area contributed by atoms with Gasteiger partial charge in [-0.3, -0.25) is 19.3 Å². The van der Waals surface area contributed by atoms with E-state index in [1.54, 1.807) is 24.3 Å². The zero-order valence-electron chi connectivity index (χ0n) is 14.3. The van der Waals surface area contributed by atoms with E-state index >= 15 is 0 Å². The third-order valence-electron chi connectivity index (χ3n) is 4.71. The topological polar surface area (TPSA) is 75.7 Å². The first kappa shape index (κ1) is 17.6. The van der Waals surface area contributed by atoms with E-state index in [0.717, 1.165) is 32.3 Å². The summed E-state index contributed by atoms with van der Waals surface area (Å²) < 4.78 is 5.47. The molecule has 2 aliphatic rings. The van der Waals surface area contributed by atoms with Crippen LogP contribution < -0.4 is 5.32 Å². The van der Waals surface area contributed by atoms with Gasteiger partial charge in [0.15, 0.2) is 0 Å². The first-order chi connectivity index (χ1) is 12.2. The fraction of sp³-hybridized carbons (Fsp3) is 0.526. The third-order valence-corrected chi connectivity index (χ3v) is 4.71. The van der Waals surface area contributed by atoms with Gasteiger partial charge in [0, 0.05) is 26.1 Å². The van der Waals surface area contributed by atoms with Gasteiger partial charge in [-0.2, -0.15) is 0 Å². The Labute approximate surface area is 147 Å². The average Bonchev–Trinajstić information content (AvgIpc) is 3.22. The number of carbonyl (C=O) groups is 3. The minimum absolute atomic E-state index is 0.0382. The van der Waals surface area contributed by atoms with Crippen molar-refractivity contribution >= 4 is 17.7 Å². The standard InChI is InChI=1S/C19H24N2O4/c22-17(20-13-14-7-6-12-25-14)10-2-1-5-11-21-18(23)15-8-3-4-9-16(15)19(21)24/h3-4,8-9,14H,1-2,5-7,10-13H2,(H,20,22)/t14-/m1/s1. The molecule has 2 aliphatic heterocycles. The molecule has 1 atom stereocenters. The number of hydrogen-bond acceptors (Lipinski definition) is 4. The number of unbranched alkanes of at least 4 members (excludes halogenated alkanes) is 2. The maximum atomic E-state index is 12.2. The Morgan fingerprint density at radius 3 is 2.48 bits per heavy atom. The number of imide groups is 1. The van der Waals surface area contributed by atoms with E-state index in [-0.39, 0.29) is 23.8 Å². The lowest BCUT2D eigenvalue weighted by molar-refractivity contribution is -0.121. The summed E-state index contributed by atoms with van der Waals surface area (Å²) in [6.07, 6.45) is 4.98. The summed E-state index contributed by atoms with van der Waals surface area (Å²) in [7, 11) is 0. The molecule has 0 radical (unpaired) electrons. The van der Waals surface area contributed by atoms with Crippen molar-refractivity contribution in [2.45, 2.75) is 44.6 Å². The summed E-state index contributed by atoms with van der Waals surface area (Å²) in [6.45, 7) is 1.79. The molecule has 6 nitrogen and oxygen atoms in total. The smallest absolute Gasteiger partial charge is 0.261 e. The Kier molecular flexibility index (Phi) is 5.81. The van der Waals surface area contributed by atoms with E-state index in [1.165, 1.54) is 4.90 Å². The zero-order valence-corrected chi connectivity index (χ0v) is 14.3. The Bertz CT molecular complexity index is 618. The Balaban J connectivity index is 1.32. The fourth-order valence-electron chi connectivity index (χ4n) is 3.30. The highest BCUT2D eigenvalue weighted by Crippen LogP contribution is 2.22. The Morgan fingerprint density at radius 2 is 1.84 bits per heavy atom. The molecule has 0 unspecified atom stereocenters. The highest BCUT2D eigenvalue weighted by Gasteiger charge is 2.34. The van der Waals surface area contributed by atoms with Gasteiger partial charge in [-0.05, 0) is 37.8 Å². The predicted octanol–water partition coefficient (Wildman–Crippen LogP) is 2.14. The molecule has 1 aromatic carbocycles. The normalized spacial score (nSPS) is 19.4. The number of nitrogens with one attached hydrogen (secondary N) is 1. The summed E-state index contributed by atoms with van der Waals surface area (Å²) in [5, 5.41) is 2.90. The number of hydrogen-bond donors (Lipinski definition) is 1. The van der Waals surface area contributed by atoms with Crippen LogP contribution in [0.1, 0.15) is 59.2 Å². The Hall–Kier alpha value is -2.21. The lowest BCUT2D eigenvalue weighted by Gasteiger charge is -2.13. The van der Waals surface area contributed by atoms with Crippen molar-refractivity contribution in [1.82, 2.24) is 10.2 Å². The molecule has 3 rings (SSSR count). The van der Waals surface area contributed by atoms with Gasteiger partial charge in [0.25, 0.3) is 11.8 Å². The van der Waals surface area contributed by atoms with E-state index < -0.39 is 0 Å². The molecule has 134 valence electrons. The van der Waals surface area contributed by atoms with Crippen molar-refractivity contribution in [1.29, 1.82) is 0 Å².